The lowest BCUT2D eigenvalue weighted by molar-refractivity contribution is -0.134. The number of piperidine rings is 1. The number of carbonyl (C=O) groups excluding carboxylic acids is 4. The van der Waals surface area contributed by atoms with E-state index in [0.717, 1.165) is 0 Å². The number of amides is 4. The van der Waals surface area contributed by atoms with Crippen LogP contribution in [0.3, 0.4) is 0 Å². The molecule has 0 saturated carbocycles. The van der Waals surface area contributed by atoms with Crippen LogP contribution in [0.5, 0.6) is 0 Å². The molecule has 2 rings (SSSR count). The molecule has 1 fully saturated rings. The molecule has 0 spiro atoms. The summed E-state index contributed by atoms with van der Waals surface area (Å²) in [5, 5.41) is 7.34. The van der Waals surface area contributed by atoms with Crippen molar-refractivity contribution in [3.63, 3.8) is 0 Å². The van der Waals surface area contributed by atoms with E-state index in [2.05, 4.69) is 20.9 Å². The molecule has 1 unspecified atom stereocenters. The zero-order valence-corrected chi connectivity index (χ0v) is 16.1. The highest BCUT2D eigenvalue weighted by atomic mass is 16.6. The maximum absolute atomic E-state index is 12.3. The molecule has 1 aromatic rings. The van der Waals surface area contributed by atoms with Crippen molar-refractivity contribution >= 4 is 29.9 Å². The molecule has 28 heavy (non-hydrogen) atoms. The van der Waals surface area contributed by atoms with E-state index in [0.29, 0.717) is 5.69 Å². The highest BCUT2D eigenvalue weighted by molar-refractivity contribution is 6.03. The van der Waals surface area contributed by atoms with Gasteiger partial charge in [0.05, 0.1) is 5.69 Å². The number of alkyl carbamates (subject to hydrolysis) is 1. The minimum Gasteiger partial charge on any atom is -0.444 e. The van der Waals surface area contributed by atoms with E-state index in [4.69, 9.17) is 4.74 Å². The molecule has 0 aliphatic carbocycles. The van der Waals surface area contributed by atoms with Crippen molar-refractivity contribution in [2.45, 2.75) is 45.3 Å². The normalized spacial score (nSPS) is 17.2. The lowest BCUT2D eigenvalue weighted by Crippen LogP contribution is -2.52. The molecule has 1 saturated heterocycles. The van der Waals surface area contributed by atoms with Crippen LogP contribution in [-0.2, 0) is 14.3 Å². The minimum absolute atomic E-state index is 0.145. The molecular formula is C19H24N4O5. The van der Waals surface area contributed by atoms with E-state index >= 15 is 0 Å². The summed E-state index contributed by atoms with van der Waals surface area (Å²) in [6.07, 6.45) is 3.24. The van der Waals surface area contributed by atoms with Gasteiger partial charge in [0.1, 0.15) is 17.3 Å². The van der Waals surface area contributed by atoms with Gasteiger partial charge in [-0.2, -0.15) is 0 Å². The Labute approximate surface area is 162 Å². The van der Waals surface area contributed by atoms with Gasteiger partial charge in [-0.05, 0) is 45.4 Å². The van der Waals surface area contributed by atoms with Crippen molar-refractivity contribution in [3.05, 3.63) is 35.7 Å². The average molecular weight is 388 g/mol. The molecule has 0 aromatic carbocycles. The molecule has 150 valence electrons. The standard InChI is InChI=1S/C19H24N4O5/c1-19(2,3)28-18(27)20-11-5-7-12-6-4-8-13(21-12)16(25)22-14-9-10-15(24)23-17(14)26/h4-8,14H,9-11H2,1-3H3,(H,20,27)(H,22,25)(H,23,24,26)/b7-5+. The van der Waals surface area contributed by atoms with Crippen LogP contribution in [0.25, 0.3) is 6.08 Å². The van der Waals surface area contributed by atoms with Crippen LogP contribution < -0.4 is 16.0 Å². The fraction of sp³-hybridized carbons (Fsp3) is 0.421. The molecule has 0 bridgehead atoms. The smallest absolute Gasteiger partial charge is 0.407 e. The molecule has 1 atom stereocenters. The van der Waals surface area contributed by atoms with Gasteiger partial charge in [0, 0.05) is 13.0 Å². The lowest BCUT2D eigenvalue weighted by atomic mass is 10.1. The summed E-state index contributed by atoms with van der Waals surface area (Å²) in [5.41, 5.74) is 0.0911. The number of nitrogens with zero attached hydrogens (tertiary/aromatic N) is 1. The maximum atomic E-state index is 12.3. The van der Waals surface area contributed by atoms with E-state index in [1.54, 1.807) is 45.1 Å². The molecular weight excluding hydrogens is 364 g/mol. The van der Waals surface area contributed by atoms with Gasteiger partial charge in [-0.3, -0.25) is 19.7 Å². The van der Waals surface area contributed by atoms with E-state index in [9.17, 15) is 19.2 Å². The summed E-state index contributed by atoms with van der Waals surface area (Å²) >= 11 is 0. The zero-order chi connectivity index (χ0) is 20.7. The molecule has 0 radical (unpaired) electrons. The number of nitrogens with one attached hydrogen (secondary N) is 3. The fourth-order valence-corrected chi connectivity index (χ4v) is 2.37. The molecule has 1 aromatic heterocycles. The van der Waals surface area contributed by atoms with Crippen LogP contribution in [0.1, 0.15) is 49.8 Å². The first-order valence-corrected chi connectivity index (χ1v) is 8.89. The predicted molar refractivity (Wildman–Crippen MR) is 101 cm³/mol. The Morgan fingerprint density at radius 3 is 2.75 bits per heavy atom. The van der Waals surface area contributed by atoms with Crippen molar-refractivity contribution in [2.24, 2.45) is 0 Å². The second-order valence-electron chi connectivity index (χ2n) is 7.21. The largest absolute Gasteiger partial charge is 0.444 e. The Morgan fingerprint density at radius 2 is 2.07 bits per heavy atom. The van der Waals surface area contributed by atoms with Crippen LogP contribution in [0, 0.1) is 0 Å². The van der Waals surface area contributed by atoms with Gasteiger partial charge in [0.15, 0.2) is 0 Å². The molecule has 4 amide bonds. The number of pyridine rings is 1. The summed E-state index contributed by atoms with van der Waals surface area (Å²) in [7, 11) is 0. The number of rotatable bonds is 5. The Morgan fingerprint density at radius 1 is 1.32 bits per heavy atom. The van der Waals surface area contributed by atoms with Gasteiger partial charge in [0.25, 0.3) is 5.91 Å². The van der Waals surface area contributed by atoms with Gasteiger partial charge in [0.2, 0.25) is 11.8 Å². The highest BCUT2D eigenvalue weighted by Gasteiger charge is 2.28. The number of carbonyl (C=O) groups is 4. The van der Waals surface area contributed by atoms with Crippen molar-refractivity contribution in [1.82, 2.24) is 20.9 Å². The minimum atomic E-state index is -0.760. The Bertz CT molecular complexity index is 798. The number of imide groups is 1. The summed E-state index contributed by atoms with van der Waals surface area (Å²) in [4.78, 5) is 51.0. The maximum Gasteiger partial charge on any atom is 0.407 e. The first kappa shape index (κ1) is 21.1. The van der Waals surface area contributed by atoms with Crippen LogP contribution in [0.2, 0.25) is 0 Å². The predicted octanol–water partition coefficient (Wildman–Crippen LogP) is 1.15. The highest BCUT2D eigenvalue weighted by Crippen LogP contribution is 2.08. The van der Waals surface area contributed by atoms with Crippen LogP contribution in [-0.4, -0.2) is 47.0 Å². The molecule has 3 N–H and O–H groups in total. The number of ether oxygens (including phenoxy) is 1. The third-order valence-corrected chi connectivity index (χ3v) is 3.60. The van der Waals surface area contributed by atoms with Gasteiger partial charge in [-0.25, -0.2) is 9.78 Å². The number of hydrogen-bond acceptors (Lipinski definition) is 6. The molecule has 1 aliphatic rings. The van der Waals surface area contributed by atoms with Crippen molar-refractivity contribution in [1.29, 1.82) is 0 Å². The first-order valence-electron chi connectivity index (χ1n) is 8.89. The SMILES string of the molecule is CC(C)(C)OC(=O)NC/C=C/c1cccc(C(=O)NC2CCC(=O)NC2=O)n1. The summed E-state index contributed by atoms with van der Waals surface area (Å²) in [6.45, 7) is 5.57. The summed E-state index contributed by atoms with van der Waals surface area (Å²) in [5.74, 6) is -1.37. The first-order chi connectivity index (χ1) is 13.1. The second kappa shape index (κ2) is 9.12. The van der Waals surface area contributed by atoms with E-state index in [-0.39, 0.29) is 31.0 Å². The second-order valence-corrected chi connectivity index (χ2v) is 7.21. The fourth-order valence-electron chi connectivity index (χ4n) is 2.37. The van der Waals surface area contributed by atoms with E-state index in [1.165, 1.54) is 6.07 Å². The number of hydrogen-bond donors (Lipinski definition) is 3. The van der Waals surface area contributed by atoms with Gasteiger partial charge >= 0.3 is 6.09 Å². The Hall–Kier alpha value is -3.23. The number of aromatic nitrogens is 1. The van der Waals surface area contributed by atoms with Gasteiger partial charge in [-0.1, -0.05) is 12.1 Å². The molecule has 9 heteroatoms. The molecule has 1 aliphatic heterocycles. The zero-order valence-electron chi connectivity index (χ0n) is 16.1. The van der Waals surface area contributed by atoms with Crippen molar-refractivity contribution in [2.75, 3.05) is 6.54 Å². The topological polar surface area (TPSA) is 126 Å². The van der Waals surface area contributed by atoms with Crippen LogP contribution in [0.4, 0.5) is 4.79 Å². The monoisotopic (exact) mass is 388 g/mol. The van der Waals surface area contributed by atoms with E-state index in [1.807, 2.05) is 0 Å². The van der Waals surface area contributed by atoms with Crippen molar-refractivity contribution in [3.8, 4) is 0 Å². The van der Waals surface area contributed by atoms with Crippen LogP contribution >= 0.6 is 0 Å². The van der Waals surface area contributed by atoms with Crippen LogP contribution in [0.15, 0.2) is 24.3 Å². The Balaban J connectivity index is 1.89. The molecule has 2 heterocycles. The summed E-state index contributed by atoms with van der Waals surface area (Å²) in [6, 6.07) is 4.13. The lowest BCUT2D eigenvalue weighted by Gasteiger charge is -2.21. The summed E-state index contributed by atoms with van der Waals surface area (Å²) < 4.78 is 5.12. The quantitative estimate of drug-likeness (QED) is 0.650. The third kappa shape index (κ3) is 6.82. The average Bonchev–Trinajstić information content (AvgIpc) is 2.60. The van der Waals surface area contributed by atoms with Crippen molar-refractivity contribution < 1.29 is 23.9 Å². The van der Waals surface area contributed by atoms with Gasteiger partial charge < -0.3 is 15.4 Å². The third-order valence-electron chi connectivity index (χ3n) is 3.60. The van der Waals surface area contributed by atoms with Gasteiger partial charge in [-0.15, -0.1) is 0 Å². The van der Waals surface area contributed by atoms with E-state index < -0.39 is 29.6 Å². The Kier molecular flexibility index (Phi) is 6.86. The molecule has 9 nitrogen and oxygen atoms in total.